The summed E-state index contributed by atoms with van der Waals surface area (Å²) in [6.45, 7) is 3.60. The maximum absolute atomic E-state index is 11.1. The molecule has 0 aromatic heterocycles. The molecular weight excluding hydrogens is 168 g/mol. The van der Waals surface area contributed by atoms with E-state index in [2.05, 4.69) is 6.58 Å². The average molecular weight is 184 g/mol. The van der Waals surface area contributed by atoms with Gasteiger partial charge in [0.25, 0.3) is 0 Å². The van der Waals surface area contributed by atoms with E-state index in [1.54, 1.807) is 33.1 Å². The zero-order chi connectivity index (χ0) is 10.6. The Morgan fingerprint density at radius 1 is 1.23 bits per heavy atom. The van der Waals surface area contributed by atoms with Crippen LogP contribution in [0.1, 0.15) is 0 Å². The molecule has 0 atom stereocenters. The largest absolute Gasteiger partial charge is 0.506 e. The minimum atomic E-state index is -0.263. The number of aliphatic hydroxyl groups is 1. The Hall–Kier alpha value is -1.45. The van der Waals surface area contributed by atoms with Crippen molar-refractivity contribution in [3.63, 3.8) is 0 Å². The Morgan fingerprint density at radius 3 is 2.00 bits per heavy atom. The molecule has 4 heteroatoms. The van der Waals surface area contributed by atoms with Crippen molar-refractivity contribution in [1.29, 1.82) is 0 Å². The molecule has 1 amide bonds. The van der Waals surface area contributed by atoms with Crippen LogP contribution in [-0.4, -0.2) is 49.0 Å². The number of nitrogens with zero attached hydrogens (tertiary/aromatic N) is 2. The van der Waals surface area contributed by atoms with E-state index >= 15 is 0 Å². The molecule has 74 valence electrons. The van der Waals surface area contributed by atoms with Crippen molar-refractivity contribution in [3.8, 4) is 0 Å². The maximum Gasteiger partial charge on any atom is 0.249 e. The van der Waals surface area contributed by atoms with E-state index in [1.165, 1.54) is 4.90 Å². The molecule has 4 nitrogen and oxygen atoms in total. The number of amides is 1. The third-order valence-electron chi connectivity index (χ3n) is 1.54. The van der Waals surface area contributed by atoms with Gasteiger partial charge in [-0.2, -0.15) is 0 Å². The van der Waals surface area contributed by atoms with Crippen LogP contribution in [0, 0.1) is 0 Å². The minimum Gasteiger partial charge on any atom is -0.506 e. The molecule has 0 spiro atoms. The Morgan fingerprint density at radius 2 is 1.69 bits per heavy atom. The van der Waals surface area contributed by atoms with Gasteiger partial charge in [-0.15, -0.1) is 0 Å². The number of rotatable bonds is 3. The first kappa shape index (κ1) is 11.6. The molecule has 0 fully saturated rings. The summed E-state index contributed by atoms with van der Waals surface area (Å²) in [5, 5.41) is 9.38. The molecule has 0 heterocycles. The molecule has 1 N–H and O–H groups in total. The van der Waals surface area contributed by atoms with Crippen molar-refractivity contribution in [3.05, 3.63) is 24.1 Å². The molecule has 0 aromatic rings. The molecule has 0 aromatic carbocycles. The van der Waals surface area contributed by atoms with Gasteiger partial charge in [0, 0.05) is 34.3 Å². The van der Waals surface area contributed by atoms with Crippen LogP contribution in [0.15, 0.2) is 24.1 Å². The fraction of sp³-hybridized carbons (Fsp3) is 0.444. The monoisotopic (exact) mass is 184 g/mol. The lowest BCUT2D eigenvalue weighted by atomic mass is 10.3. The van der Waals surface area contributed by atoms with Crippen LogP contribution in [0.3, 0.4) is 0 Å². The first-order chi connectivity index (χ1) is 5.86. The second kappa shape index (κ2) is 4.54. The highest BCUT2D eigenvalue weighted by Crippen LogP contribution is 2.06. The molecule has 13 heavy (non-hydrogen) atoms. The van der Waals surface area contributed by atoms with Gasteiger partial charge >= 0.3 is 0 Å². The molecule has 0 aliphatic rings. The van der Waals surface area contributed by atoms with E-state index in [-0.39, 0.29) is 11.7 Å². The van der Waals surface area contributed by atoms with E-state index in [4.69, 9.17) is 0 Å². The van der Waals surface area contributed by atoms with Gasteiger partial charge in [-0.05, 0) is 0 Å². The van der Waals surface area contributed by atoms with Crippen LogP contribution >= 0.6 is 0 Å². The van der Waals surface area contributed by atoms with E-state index < -0.39 is 0 Å². The highest BCUT2D eigenvalue weighted by atomic mass is 16.3. The van der Waals surface area contributed by atoms with Gasteiger partial charge in [-0.25, -0.2) is 0 Å². The second-order valence-electron chi connectivity index (χ2n) is 3.10. The van der Waals surface area contributed by atoms with Crippen LogP contribution in [0.2, 0.25) is 0 Å². The SMILES string of the molecule is C=C(C(O)=CC(=O)N(C)C)N(C)C. The van der Waals surface area contributed by atoms with Crippen LogP contribution in [-0.2, 0) is 4.79 Å². The highest BCUT2D eigenvalue weighted by Gasteiger charge is 2.06. The van der Waals surface area contributed by atoms with Crippen molar-refractivity contribution < 1.29 is 9.90 Å². The van der Waals surface area contributed by atoms with Crippen molar-refractivity contribution in [2.24, 2.45) is 0 Å². The molecule has 0 aliphatic carbocycles. The first-order valence-electron chi connectivity index (χ1n) is 3.84. The summed E-state index contributed by atoms with van der Waals surface area (Å²) in [4.78, 5) is 14.1. The lowest BCUT2D eigenvalue weighted by Crippen LogP contribution is -2.21. The summed E-state index contributed by atoms with van der Waals surface area (Å²) in [7, 11) is 6.72. The number of carbonyl (C=O) groups is 1. The lowest BCUT2D eigenvalue weighted by molar-refractivity contribution is -0.123. The quantitative estimate of drug-likeness (QED) is 0.396. The Balaban J connectivity index is 4.50. The predicted molar refractivity (Wildman–Crippen MR) is 52.2 cm³/mol. The number of hydrogen-bond donors (Lipinski definition) is 1. The summed E-state index contributed by atoms with van der Waals surface area (Å²) in [5.74, 6) is -0.371. The first-order valence-corrected chi connectivity index (χ1v) is 3.84. The number of carbonyl (C=O) groups excluding carboxylic acids is 1. The smallest absolute Gasteiger partial charge is 0.249 e. The summed E-state index contributed by atoms with van der Waals surface area (Å²) in [6, 6.07) is 0. The summed E-state index contributed by atoms with van der Waals surface area (Å²) in [6.07, 6.45) is 1.14. The average Bonchev–Trinajstić information content (AvgIpc) is 2.02. The van der Waals surface area contributed by atoms with E-state index in [0.717, 1.165) is 6.08 Å². The molecule has 0 saturated carbocycles. The minimum absolute atomic E-state index is 0.108. The van der Waals surface area contributed by atoms with Crippen LogP contribution < -0.4 is 0 Å². The Labute approximate surface area is 78.8 Å². The standard InChI is InChI=1S/C9H16N2O2/c1-7(10(2)3)8(12)6-9(13)11(4)5/h6,12H,1H2,2-5H3. The second-order valence-corrected chi connectivity index (χ2v) is 3.10. The van der Waals surface area contributed by atoms with E-state index in [9.17, 15) is 9.90 Å². The zero-order valence-electron chi connectivity index (χ0n) is 8.53. The maximum atomic E-state index is 11.1. The summed E-state index contributed by atoms with van der Waals surface area (Å²) in [5.41, 5.74) is 0.412. The van der Waals surface area contributed by atoms with Crippen LogP contribution in [0.25, 0.3) is 0 Å². The number of aliphatic hydroxyl groups excluding tert-OH is 1. The van der Waals surface area contributed by atoms with Gasteiger partial charge in [0.05, 0.1) is 5.70 Å². The third-order valence-corrected chi connectivity index (χ3v) is 1.54. The van der Waals surface area contributed by atoms with Crippen molar-refractivity contribution >= 4 is 5.91 Å². The molecule has 0 saturated heterocycles. The summed E-state index contributed by atoms with van der Waals surface area (Å²) >= 11 is 0. The van der Waals surface area contributed by atoms with Crippen LogP contribution in [0.4, 0.5) is 0 Å². The fourth-order valence-corrected chi connectivity index (χ4v) is 0.558. The highest BCUT2D eigenvalue weighted by molar-refractivity contribution is 5.88. The van der Waals surface area contributed by atoms with Gasteiger partial charge in [0.2, 0.25) is 5.91 Å². The van der Waals surface area contributed by atoms with Crippen molar-refractivity contribution in [1.82, 2.24) is 9.80 Å². The van der Waals surface area contributed by atoms with E-state index in [0.29, 0.717) is 5.70 Å². The molecule has 0 rings (SSSR count). The topological polar surface area (TPSA) is 43.8 Å². The number of hydrogen-bond acceptors (Lipinski definition) is 3. The molecule has 0 unspecified atom stereocenters. The van der Waals surface area contributed by atoms with Gasteiger partial charge in [0.15, 0.2) is 0 Å². The Bertz CT molecular complexity index is 242. The molecular formula is C9H16N2O2. The number of likely N-dealkylation sites (N-methyl/N-ethyl adjacent to an activating group) is 2. The normalized spacial score (nSPS) is 10.9. The summed E-state index contributed by atoms with van der Waals surface area (Å²) < 4.78 is 0. The van der Waals surface area contributed by atoms with Gasteiger partial charge in [0.1, 0.15) is 5.76 Å². The fourth-order valence-electron chi connectivity index (χ4n) is 0.558. The molecule has 0 bridgehead atoms. The van der Waals surface area contributed by atoms with Crippen molar-refractivity contribution in [2.45, 2.75) is 0 Å². The van der Waals surface area contributed by atoms with Gasteiger partial charge < -0.3 is 14.9 Å². The Kier molecular flexibility index (Phi) is 4.04. The van der Waals surface area contributed by atoms with E-state index in [1.807, 2.05) is 0 Å². The molecule has 0 radical (unpaired) electrons. The third kappa shape index (κ3) is 3.64. The predicted octanol–water partition coefficient (Wildman–Crippen LogP) is 0.592. The zero-order valence-corrected chi connectivity index (χ0v) is 8.53. The van der Waals surface area contributed by atoms with Crippen molar-refractivity contribution in [2.75, 3.05) is 28.2 Å². The lowest BCUT2D eigenvalue weighted by Gasteiger charge is -2.15. The van der Waals surface area contributed by atoms with Gasteiger partial charge in [-0.1, -0.05) is 6.58 Å². The molecule has 0 aliphatic heterocycles. The van der Waals surface area contributed by atoms with Crippen LogP contribution in [0.5, 0.6) is 0 Å². The van der Waals surface area contributed by atoms with Gasteiger partial charge in [-0.3, -0.25) is 4.79 Å².